The molecule has 0 aliphatic heterocycles. The van der Waals surface area contributed by atoms with Crippen molar-refractivity contribution in [3.8, 4) is 0 Å². The van der Waals surface area contributed by atoms with Crippen molar-refractivity contribution in [3.63, 3.8) is 0 Å². The highest BCUT2D eigenvalue weighted by Gasteiger charge is 2.07. The van der Waals surface area contributed by atoms with Crippen LogP contribution >= 0.6 is 28.1 Å². The predicted octanol–water partition coefficient (Wildman–Crippen LogP) is 3.32. The van der Waals surface area contributed by atoms with E-state index >= 15 is 0 Å². The van der Waals surface area contributed by atoms with Gasteiger partial charge in [0.05, 0.1) is 10.2 Å². The molecule has 4 nitrogen and oxygen atoms in total. The number of aryl methyl sites for hydroxylation is 2. The summed E-state index contributed by atoms with van der Waals surface area (Å²) in [7, 11) is 0. The molecule has 1 aromatic heterocycles. The van der Waals surface area contributed by atoms with Gasteiger partial charge in [0.15, 0.2) is 5.11 Å². The van der Waals surface area contributed by atoms with Crippen LogP contribution in [0.25, 0.3) is 0 Å². The van der Waals surface area contributed by atoms with Gasteiger partial charge in [-0.15, -0.1) is 0 Å². The van der Waals surface area contributed by atoms with E-state index in [1.807, 2.05) is 29.8 Å². The molecule has 118 valence electrons. The molecular formula is C16H21BrN4S. The molecule has 22 heavy (non-hydrogen) atoms. The molecule has 2 N–H and O–H groups in total. The van der Waals surface area contributed by atoms with Crippen LogP contribution < -0.4 is 10.6 Å². The molecular weight excluding hydrogens is 360 g/mol. The van der Waals surface area contributed by atoms with E-state index in [1.54, 1.807) is 0 Å². The highest BCUT2D eigenvalue weighted by Crippen LogP contribution is 2.19. The lowest BCUT2D eigenvalue weighted by atomic mass is 10.2. The summed E-state index contributed by atoms with van der Waals surface area (Å²) in [4.78, 5) is 0. The first-order valence-corrected chi connectivity index (χ1v) is 8.53. The van der Waals surface area contributed by atoms with E-state index in [0.717, 1.165) is 36.2 Å². The van der Waals surface area contributed by atoms with Gasteiger partial charge in [-0.1, -0.05) is 30.3 Å². The van der Waals surface area contributed by atoms with Crippen molar-refractivity contribution >= 4 is 33.3 Å². The van der Waals surface area contributed by atoms with Crippen LogP contribution in [-0.2, 0) is 13.1 Å². The minimum absolute atomic E-state index is 0.693. The summed E-state index contributed by atoms with van der Waals surface area (Å²) in [6.07, 6.45) is 0.974. The van der Waals surface area contributed by atoms with Crippen molar-refractivity contribution in [1.29, 1.82) is 0 Å². The number of halogens is 1. The number of nitrogens with zero attached hydrogens (tertiary/aromatic N) is 2. The van der Waals surface area contributed by atoms with Gasteiger partial charge in [-0.05, 0) is 54.0 Å². The van der Waals surface area contributed by atoms with E-state index in [2.05, 4.69) is 50.7 Å². The number of benzene rings is 1. The van der Waals surface area contributed by atoms with Gasteiger partial charge in [-0.2, -0.15) is 5.10 Å². The van der Waals surface area contributed by atoms with Gasteiger partial charge in [0.2, 0.25) is 0 Å². The Balaban J connectivity index is 1.66. The predicted molar refractivity (Wildman–Crippen MR) is 97.9 cm³/mol. The maximum Gasteiger partial charge on any atom is 0.166 e. The quantitative estimate of drug-likeness (QED) is 0.595. The fraction of sp³-hybridized carbons (Fsp3) is 0.375. The lowest BCUT2D eigenvalue weighted by Gasteiger charge is -2.11. The Morgan fingerprint density at radius 1 is 1.23 bits per heavy atom. The summed E-state index contributed by atoms with van der Waals surface area (Å²) in [5, 5.41) is 11.6. The second-order valence-corrected chi connectivity index (χ2v) is 6.36. The monoisotopic (exact) mass is 380 g/mol. The van der Waals surface area contributed by atoms with E-state index in [4.69, 9.17) is 12.2 Å². The summed E-state index contributed by atoms with van der Waals surface area (Å²) < 4.78 is 3.13. The van der Waals surface area contributed by atoms with E-state index in [0.29, 0.717) is 5.11 Å². The molecule has 0 saturated heterocycles. The summed E-state index contributed by atoms with van der Waals surface area (Å²) in [6, 6.07) is 10.2. The molecule has 0 fully saturated rings. The minimum Gasteiger partial charge on any atom is -0.363 e. The Hall–Kier alpha value is -1.40. The SMILES string of the molecule is Cc1nn(CCCNC(=S)NCc2ccccc2)c(C)c1Br. The zero-order valence-electron chi connectivity index (χ0n) is 12.9. The average Bonchev–Trinajstić information content (AvgIpc) is 2.78. The van der Waals surface area contributed by atoms with Crippen LogP contribution in [0.15, 0.2) is 34.8 Å². The van der Waals surface area contributed by atoms with Gasteiger partial charge in [0.1, 0.15) is 0 Å². The third-order valence-electron chi connectivity index (χ3n) is 3.42. The molecule has 1 heterocycles. The molecule has 0 aliphatic rings. The molecule has 0 aliphatic carbocycles. The fourth-order valence-corrected chi connectivity index (χ4v) is 2.62. The number of thiocarbonyl (C=S) groups is 1. The van der Waals surface area contributed by atoms with Crippen molar-refractivity contribution in [3.05, 3.63) is 51.8 Å². The molecule has 0 bridgehead atoms. The van der Waals surface area contributed by atoms with E-state index < -0.39 is 0 Å². The molecule has 0 atom stereocenters. The van der Waals surface area contributed by atoms with E-state index in [-0.39, 0.29) is 0 Å². The molecule has 6 heteroatoms. The van der Waals surface area contributed by atoms with Gasteiger partial charge in [-0.3, -0.25) is 4.68 Å². The molecule has 2 rings (SSSR count). The van der Waals surface area contributed by atoms with Gasteiger partial charge in [-0.25, -0.2) is 0 Å². The Morgan fingerprint density at radius 3 is 2.59 bits per heavy atom. The third kappa shape index (κ3) is 4.81. The van der Waals surface area contributed by atoms with Crippen LogP contribution in [0.3, 0.4) is 0 Å². The molecule has 0 spiro atoms. The van der Waals surface area contributed by atoms with Crippen LogP contribution in [0.4, 0.5) is 0 Å². The molecule has 0 amide bonds. The smallest absolute Gasteiger partial charge is 0.166 e. The topological polar surface area (TPSA) is 41.9 Å². The Kier molecular flexibility index (Phi) is 6.39. The van der Waals surface area contributed by atoms with Crippen LogP contribution in [0, 0.1) is 13.8 Å². The number of hydrogen-bond acceptors (Lipinski definition) is 2. The summed E-state index contributed by atoms with van der Waals surface area (Å²) in [5.74, 6) is 0. The van der Waals surface area contributed by atoms with Crippen LogP contribution in [-0.4, -0.2) is 21.4 Å². The van der Waals surface area contributed by atoms with Crippen LogP contribution in [0.5, 0.6) is 0 Å². The summed E-state index contributed by atoms with van der Waals surface area (Å²) in [5.41, 5.74) is 3.42. The zero-order valence-corrected chi connectivity index (χ0v) is 15.3. The second kappa shape index (κ2) is 8.29. The van der Waals surface area contributed by atoms with E-state index in [1.165, 1.54) is 11.3 Å². The summed E-state index contributed by atoms with van der Waals surface area (Å²) >= 11 is 8.83. The van der Waals surface area contributed by atoms with Crippen molar-refractivity contribution < 1.29 is 0 Å². The molecule has 0 radical (unpaired) electrons. The number of rotatable bonds is 6. The first-order valence-electron chi connectivity index (χ1n) is 7.33. The zero-order chi connectivity index (χ0) is 15.9. The van der Waals surface area contributed by atoms with Gasteiger partial charge < -0.3 is 10.6 Å². The van der Waals surface area contributed by atoms with Crippen LogP contribution in [0.2, 0.25) is 0 Å². The Labute approximate surface area is 145 Å². The second-order valence-electron chi connectivity index (χ2n) is 5.16. The Bertz CT molecular complexity index is 625. The number of nitrogens with one attached hydrogen (secondary N) is 2. The first kappa shape index (κ1) is 17.0. The average molecular weight is 381 g/mol. The maximum absolute atomic E-state index is 5.28. The molecule has 2 aromatic rings. The van der Waals surface area contributed by atoms with Crippen molar-refractivity contribution in [2.45, 2.75) is 33.4 Å². The van der Waals surface area contributed by atoms with Gasteiger partial charge in [0, 0.05) is 25.3 Å². The minimum atomic E-state index is 0.693. The van der Waals surface area contributed by atoms with Crippen molar-refractivity contribution in [2.75, 3.05) is 6.54 Å². The highest BCUT2D eigenvalue weighted by molar-refractivity contribution is 9.10. The third-order valence-corrected chi connectivity index (χ3v) is 4.86. The molecule has 0 saturated carbocycles. The molecule has 1 aromatic carbocycles. The van der Waals surface area contributed by atoms with Crippen molar-refractivity contribution in [1.82, 2.24) is 20.4 Å². The van der Waals surface area contributed by atoms with Gasteiger partial charge >= 0.3 is 0 Å². The van der Waals surface area contributed by atoms with Crippen LogP contribution in [0.1, 0.15) is 23.4 Å². The lowest BCUT2D eigenvalue weighted by molar-refractivity contribution is 0.556. The maximum atomic E-state index is 5.28. The Morgan fingerprint density at radius 2 is 1.95 bits per heavy atom. The normalized spacial score (nSPS) is 10.5. The van der Waals surface area contributed by atoms with E-state index in [9.17, 15) is 0 Å². The fourth-order valence-electron chi connectivity index (χ4n) is 2.16. The number of hydrogen-bond donors (Lipinski definition) is 2. The standard InChI is InChI=1S/C16H21BrN4S/c1-12-15(17)13(2)21(20-12)10-6-9-18-16(22)19-11-14-7-4-3-5-8-14/h3-5,7-8H,6,9-11H2,1-2H3,(H2,18,19,22). The van der Waals surface area contributed by atoms with Crippen molar-refractivity contribution in [2.24, 2.45) is 0 Å². The summed E-state index contributed by atoms with van der Waals surface area (Å²) in [6.45, 7) is 6.54. The number of aromatic nitrogens is 2. The highest BCUT2D eigenvalue weighted by atomic mass is 79.9. The largest absolute Gasteiger partial charge is 0.363 e. The van der Waals surface area contributed by atoms with Gasteiger partial charge in [0.25, 0.3) is 0 Å². The lowest BCUT2D eigenvalue weighted by Crippen LogP contribution is -2.35. The molecule has 0 unspecified atom stereocenters. The first-order chi connectivity index (χ1) is 10.6.